The zero-order chi connectivity index (χ0) is 15.9. The Morgan fingerprint density at radius 2 is 1.73 bits per heavy atom. The van der Waals surface area contributed by atoms with Gasteiger partial charge < -0.3 is 15.2 Å². The number of carboxylic acids is 1. The predicted octanol–water partition coefficient (Wildman–Crippen LogP) is 2.47. The number of aromatic carboxylic acids is 1. The zero-order valence-corrected chi connectivity index (χ0v) is 12.2. The summed E-state index contributed by atoms with van der Waals surface area (Å²) in [6.07, 6.45) is -0.610. The second kappa shape index (κ2) is 7.26. The van der Waals surface area contributed by atoms with Crippen LogP contribution >= 0.6 is 0 Å². The van der Waals surface area contributed by atoms with Gasteiger partial charge in [-0.1, -0.05) is 30.3 Å². The van der Waals surface area contributed by atoms with Crippen LogP contribution < -0.4 is 10.1 Å². The smallest absolute Gasteiger partial charge is 0.335 e. The maximum Gasteiger partial charge on any atom is 0.335 e. The summed E-state index contributed by atoms with van der Waals surface area (Å²) < 4.78 is 5.53. The number of amides is 1. The van der Waals surface area contributed by atoms with Gasteiger partial charge in [0.2, 0.25) is 0 Å². The minimum absolute atomic E-state index is 0.218. The number of nitrogens with one attached hydrogen (secondary N) is 1. The number of para-hydroxylation sites is 1. The van der Waals surface area contributed by atoms with E-state index in [-0.39, 0.29) is 11.5 Å². The number of carboxylic acid groups (broad SMARTS) is 1. The summed E-state index contributed by atoms with van der Waals surface area (Å²) in [5.74, 6) is -0.567. The van der Waals surface area contributed by atoms with Crippen LogP contribution in [0.4, 0.5) is 0 Å². The van der Waals surface area contributed by atoms with Crippen LogP contribution in [0.15, 0.2) is 54.6 Å². The second-order valence-electron chi connectivity index (χ2n) is 4.79. The molecule has 5 nitrogen and oxygen atoms in total. The number of hydrogen-bond donors (Lipinski definition) is 2. The molecule has 0 aromatic heterocycles. The summed E-state index contributed by atoms with van der Waals surface area (Å²) in [6.45, 7) is 2.00. The largest absolute Gasteiger partial charge is 0.481 e. The van der Waals surface area contributed by atoms with Crippen LogP contribution in [0.1, 0.15) is 22.8 Å². The molecule has 114 valence electrons. The van der Waals surface area contributed by atoms with Gasteiger partial charge in [-0.2, -0.15) is 0 Å². The molecule has 0 fully saturated rings. The molecule has 0 spiro atoms. The van der Waals surface area contributed by atoms with Crippen LogP contribution in [0.3, 0.4) is 0 Å². The lowest BCUT2D eigenvalue weighted by Crippen LogP contribution is -2.35. The van der Waals surface area contributed by atoms with Crippen LogP contribution in [0.2, 0.25) is 0 Å². The fourth-order valence-corrected chi connectivity index (χ4v) is 1.85. The molecule has 0 radical (unpaired) electrons. The van der Waals surface area contributed by atoms with Crippen molar-refractivity contribution in [3.63, 3.8) is 0 Å². The van der Waals surface area contributed by atoms with E-state index in [1.807, 2.05) is 18.2 Å². The summed E-state index contributed by atoms with van der Waals surface area (Å²) in [5.41, 5.74) is 1.04. The Kier molecular flexibility index (Phi) is 5.14. The molecule has 0 aliphatic heterocycles. The number of carbonyl (C=O) groups is 2. The average Bonchev–Trinajstić information content (AvgIpc) is 2.53. The fourth-order valence-electron chi connectivity index (χ4n) is 1.85. The summed E-state index contributed by atoms with van der Waals surface area (Å²) >= 11 is 0. The van der Waals surface area contributed by atoms with Crippen molar-refractivity contribution in [3.05, 3.63) is 65.7 Å². The molecule has 1 amide bonds. The molecule has 2 aromatic carbocycles. The summed E-state index contributed by atoms with van der Waals surface area (Å²) in [5, 5.41) is 11.6. The quantitative estimate of drug-likeness (QED) is 0.859. The normalized spacial score (nSPS) is 11.5. The van der Waals surface area contributed by atoms with Crippen LogP contribution in [0.5, 0.6) is 5.75 Å². The van der Waals surface area contributed by atoms with Crippen molar-refractivity contribution in [2.45, 2.75) is 19.6 Å². The lowest BCUT2D eigenvalue weighted by atomic mass is 10.1. The van der Waals surface area contributed by atoms with Crippen LogP contribution in [-0.4, -0.2) is 23.1 Å². The van der Waals surface area contributed by atoms with Gasteiger partial charge in [0.1, 0.15) is 5.75 Å². The maximum absolute atomic E-state index is 12.0. The number of benzene rings is 2. The average molecular weight is 299 g/mol. The topological polar surface area (TPSA) is 75.6 Å². The van der Waals surface area contributed by atoms with E-state index >= 15 is 0 Å². The van der Waals surface area contributed by atoms with Crippen molar-refractivity contribution in [1.29, 1.82) is 0 Å². The van der Waals surface area contributed by atoms with Crippen molar-refractivity contribution in [2.75, 3.05) is 0 Å². The standard InChI is InChI=1S/C17H17NO4/c1-12(22-15-5-3-2-4-6-15)16(19)18-11-13-7-9-14(10-8-13)17(20)21/h2-10,12H,11H2,1H3,(H,18,19)(H,20,21). The first-order valence-electron chi connectivity index (χ1n) is 6.88. The molecule has 1 unspecified atom stereocenters. The third-order valence-corrected chi connectivity index (χ3v) is 3.09. The molecule has 0 saturated heterocycles. The van der Waals surface area contributed by atoms with E-state index in [2.05, 4.69) is 5.32 Å². The monoisotopic (exact) mass is 299 g/mol. The van der Waals surface area contributed by atoms with Gasteiger partial charge in [0.25, 0.3) is 5.91 Å². The lowest BCUT2D eigenvalue weighted by Gasteiger charge is -2.14. The van der Waals surface area contributed by atoms with E-state index in [0.29, 0.717) is 12.3 Å². The van der Waals surface area contributed by atoms with Crippen LogP contribution in [0, 0.1) is 0 Å². The Hall–Kier alpha value is -2.82. The van der Waals surface area contributed by atoms with E-state index in [0.717, 1.165) is 5.56 Å². The van der Waals surface area contributed by atoms with Gasteiger partial charge in [0, 0.05) is 6.54 Å². The molecule has 2 N–H and O–H groups in total. The maximum atomic E-state index is 12.0. The molecule has 0 bridgehead atoms. The molecule has 2 rings (SSSR count). The first-order chi connectivity index (χ1) is 10.6. The number of carbonyl (C=O) groups excluding carboxylic acids is 1. The van der Waals surface area contributed by atoms with Gasteiger partial charge in [-0.3, -0.25) is 4.79 Å². The molecule has 0 aliphatic rings. The second-order valence-corrected chi connectivity index (χ2v) is 4.79. The van der Waals surface area contributed by atoms with Crippen molar-refractivity contribution >= 4 is 11.9 Å². The van der Waals surface area contributed by atoms with Gasteiger partial charge in [-0.15, -0.1) is 0 Å². The van der Waals surface area contributed by atoms with Crippen LogP contribution in [0.25, 0.3) is 0 Å². The molecule has 1 atom stereocenters. The Morgan fingerprint density at radius 3 is 2.32 bits per heavy atom. The van der Waals surface area contributed by atoms with E-state index in [1.54, 1.807) is 31.2 Å². The highest BCUT2D eigenvalue weighted by atomic mass is 16.5. The number of rotatable bonds is 6. The highest BCUT2D eigenvalue weighted by molar-refractivity contribution is 5.87. The van der Waals surface area contributed by atoms with Gasteiger partial charge in [-0.25, -0.2) is 4.79 Å². The highest BCUT2D eigenvalue weighted by Gasteiger charge is 2.14. The number of hydrogen-bond acceptors (Lipinski definition) is 3. The van der Waals surface area contributed by atoms with Gasteiger partial charge >= 0.3 is 5.97 Å². The molecule has 0 saturated carbocycles. The van der Waals surface area contributed by atoms with Gasteiger partial charge in [0.15, 0.2) is 6.10 Å². The Balaban J connectivity index is 1.85. The first-order valence-corrected chi connectivity index (χ1v) is 6.88. The zero-order valence-electron chi connectivity index (χ0n) is 12.2. The Bertz CT molecular complexity index is 637. The molecule has 22 heavy (non-hydrogen) atoms. The molecule has 2 aromatic rings. The minimum Gasteiger partial charge on any atom is -0.481 e. The molecule has 0 aliphatic carbocycles. The van der Waals surface area contributed by atoms with Crippen molar-refractivity contribution in [2.24, 2.45) is 0 Å². The first kappa shape index (κ1) is 15.6. The van der Waals surface area contributed by atoms with Crippen molar-refractivity contribution < 1.29 is 19.4 Å². The van der Waals surface area contributed by atoms with Crippen LogP contribution in [-0.2, 0) is 11.3 Å². The summed E-state index contributed by atoms with van der Waals surface area (Å²) in [6, 6.07) is 15.5. The van der Waals surface area contributed by atoms with E-state index < -0.39 is 12.1 Å². The van der Waals surface area contributed by atoms with E-state index in [1.165, 1.54) is 12.1 Å². The van der Waals surface area contributed by atoms with Crippen molar-refractivity contribution in [1.82, 2.24) is 5.32 Å². The molecular weight excluding hydrogens is 282 g/mol. The summed E-state index contributed by atoms with van der Waals surface area (Å²) in [7, 11) is 0. The van der Waals surface area contributed by atoms with Crippen molar-refractivity contribution in [3.8, 4) is 5.75 Å². The Morgan fingerprint density at radius 1 is 1.09 bits per heavy atom. The SMILES string of the molecule is CC(Oc1ccccc1)C(=O)NCc1ccc(C(=O)O)cc1. The molecular formula is C17H17NO4. The molecule has 0 heterocycles. The Labute approximate surface area is 128 Å². The van der Waals surface area contributed by atoms with Gasteiger partial charge in [-0.05, 0) is 36.8 Å². The fraction of sp³-hybridized carbons (Fsp3) is 0.176. The summed E-state index contributed by atoms with van der Waals surface area (Å²) in [4.78, 5) is 22.7. The number of ether oxygens (including phenoxy) is 1. The minimum atomic E-state index is -0.972. The van der Waals surface area contributed by atoms with Gasteiger partial charge in [0.05, 0.1) is 5.56 Å². The van der Waals surface area contributed by atoms with E-state index in [4.69, 9.17) is 9.84 Å². The third kappa shape index (κ3) is 4.34. The highest BCUT2D eigenvalue weighted by Crippen LogP contribution is 2.11. The van der Waals surface area contributed by atoms with E-state index in [9.17, 15) is 9.59 Å². The lowest BCUT2D eigenvalue weighted by molar-refractivity contribution is -0.127. The predicted molar refractivity (Wildman–Crippen MR) is 81.8 cm³/mol. The molecule has 5 heteroatoms. The third-order valence-electron chi connectivity index (χ3n) is 3.09.